The van der Waals surface area contributed by atoms with E-state index in [9.17, 15) is 4.79 Å². The zero-order valence-electron chi connectivity index (χ0n) is 16.0. The molecule has 146 valence electrons. The minimum Gasteiger partial charge on any atom is -0.383 e. The van der Waals surface area contributed by atoms with Crippen LogP contribution in [0.15, 0.2) is 53.5 Å². The van der Waals surface area contributed by atoms with Crippen molar-refractivity contribution in [1.82, 2.24) is 19.6 Å². The fourth-order valence-corrected chi connectivity index (χ4v) is 3.76. The summed E-state index contributed by atoms with van der Waals surface area (Å²) in [7, 11) is 1.70. The molecule has 1 fully saturated rings. The van der Waals surface area contributed by atoms with Gasteiger partial charge in [-0.2, -0.15) is 0 Å². The molecule has 0 N–H and O–H groups in total. The summed E-state index contributed by atoms with van der Waals surface area (Å²) in [6, 6.07) is 9.65. The summed E-state index contributed by atoms with van der Waals surface area (Å²) < 4.78 is 12.5. The van der Waals surface area contributed by atoms with E-state index in [2.05, 4.69) is 14.7 Å². The molecule has 0 bridgehead atoms. The molecular weight excluding hydrogens is 356 g/mol. The van der Waals surface area contributed by atoms with E-state index in [1.165, 1.54) is 6.26 Å². The van der Waals surface area contributed by atoms with Gasteiger partial charge in [-0.15, -0.1) is 0 Å². The Morgan fingerprint density at radius 1 is 1.25 bits per heavy atom. The van der Waals surface area contributed by atoms with Crippen LogP contribution in [0.3, 0.4) is 0 Å². The van der Waals surface area contributed by atoms with Crippen LogP contribution in [0.25, 0.3) is 11.3 Å². The van der Waals surface area contributed by atoms with Crippen molar-refractivity contribution in [1.29, 1.82) is 0 Å². The number of piperidine rings is 1. The van der Waals surface area contributed by atoms with E-state index in [1.807, 2.05) is 47.6 Å². The minimum absolute atomic E-state index is 0.0266. The van der Waals surface area contributed by atoms with Gasteiger partial charge in [-0.1, -0.05) is 35.5 Å². The molecule has 1 saturated heterocycles. The summed E-state index contributed by atoms with van der Waals surface area (Å²) >= 11 is 0. The maximum atomic E-state index is 13.0. The van der Waals surface area contributed by atoms with Gasteiger partial charge in [0, 0.05) is 50.6 Å². The van der Waals surface area contributed by atoms with Gasteiger partial charge >= 0.3 is 0 Å². The van der Waals surface area contributed by atoms with Crippen LogP contribution in [-0.4, -0.2) is 52.3 Å². The monoisotopic (exact) mass is 380 g/mol. The maximum Gasteiger partial charge on any atom is 0.259 e. The van der Waals surface area contributed by atoms with E-state index >= 15 is 0 Å². The zero-order chi connectivity index (χ0) is 19.3. The van der Waals surface area contributed by atoms with Gasteiger partial charge in [0.15, 0.2) is 0 Å². The topological polar surface area (TPSA) is 73.4 Å². The van der Waals surface area contributed by atoms with E-state index in [4.69, 9.17) is 9.26 Å². The average Bonchev–Trinajstić information content (AvgIpc) is 3.42. The lowest BCUT2D eigenvalue weighted by molar-refractivity contribution is 0.0710. The summed E-state index contributed by atoms with van der Waals surface area (Å²) in [4.78, 5) is 19.5. The molecule has 0 radical (unpaired) electrons. The molecule has 3 aromatic rings. The standard InChI is InChI=1S/C21H24N4O3/c1-27-14-13-24-12-9-22-20(24)17-7-10-25(11-8-17)21(26)18-15-28-23-19(18)16-5-3-2-4-6-16/h2-6,9,12,15,17H,7-8,10-11,13-14H2,1H3. The summed E-state index contributed by atoms with van der Waals surface area (Å²) in [5.41, 5.74) is 2.00. The highest BCUT2D eigenvalue weighted by Crippen LogP contribution is 2.29. The molecule has 0 saturated carbocycles. The van der Waals surface area contributed by atoms with Gasteiger partial charge in [-0.05, 0) is 12.8 Å². The van der Waals surface area contributed by atoms with Crippen molar-refractivity contribution in [2.24, 2.45) is 0 Å². The first-order valence-electron chi connectivity index (χ1n) is 9.57. The van der Waals surface area contributed by atoms with Gasteiger partial charge < -0.3 is 18.7 Å². The fourth-order valence-electron chi connectivity index (χ4n) is 3.76. The third-order valence-electron chi connectivity index (χ3n) is 5.28. The predicted molar refractivity (Wildman–Crippen MR) is 104 cm³/mol. The number of amides is 1. The number of likely N-dealkylation sites (tertiary alicyclic amines) is 1. The zero-order valence-corrected chi connectivity index (χ0v) is 16.0. The average molecular weight is 380 g/mol. The fraction of sp³-hybridized carbons (Fsp3) is 0.381. The maximum absolute atomic E-state index is 13.0. The van der Waals surface area contributed by atoms with Gasteiger partial charge in [0.25, 0.3) is 5.91 Å². The van der Waals surface area contributed by atoms with Gasteiger partial charge in [0.2, 0.25) is 0 Å². The molecule has 0 atom stereocenters. The molecule has 0 spiro atoms. The molecule has 1 aliphatic rings. The highest BCUT2D eigenvalue weighted by atomic mass is 16.5. The normalized spacial score (nSPS) is 15.1. The molecule has 2 aromatic heterocycles. The largest absolute Gasteiger partial charge is 0.383 e. The number of carbonyl (C=O) groups excluding carboxylic acids is 1. The van der Waals surface area contributed by atoms with Crippen molar-refractivity contribution in [3.8, 4) is 11.3 Å². The molecular formula is C21H24N4O3. The minimum atomic E-state index is -0.0266. The van der Waals surface area contributed by atoms with Crippen molar-refractivity contribution in [2.45, 2.75) is 25.3 Å². The number of rotatable bonds is 6. The number of ether oxygens (including phenoxy) is 1. The van der Waals surface area contributed by atoms with Crippen molar-refractivity contribution in [2.75, 3.05) is 26.8 Å². The van der Waals surface area contributed by atoms with Crippen LogP contribution in [0.5, 0.6) is 0 Å². The third kappa shape index (κ3) is 3.71. The Hall–Kier alpha value is -2.93. The molecule has 7 nitrogen and oxygen atoms in total. The molecule has 1 amide bonds. The number of benzene rings is 1. The molecule has 4 rings (SSSR count). The number of hydrogen-bond acceptors (Lipinski definition) is 5. The Kier molecular flexibility index (Phi) is 5.53. The lowest BCUT2D eigenvalue weighted by Gasteiger charge is -2.31. The lowest BCUT2D eigenvalue weighted by atomic mass is 9.95. The highest BCUT2D eigenvalue weighted by Gasteiger charge is 2.29. The number of nitrogens with zero attached hydrogens (tertiary/aromatic N) is 4. The van der Waals surface area contributed by atoms with E-state index in [1.54, 1.807) is 7.11 Å². The van der Waals surface area contributed by atoms with Gasteiger partial charge in [-0.3, -0.25) is 4.79 Å². The first kappa shape index (κ1) is 18.4. The molecule has 1 aliphatic heterocycles. The van der Waals surface area contributed by atoms with Gasteiger partial charge in [0.05, 0.1) is 6.61 Å². The van der Waals surface area contributed by atoms with Crippen LogP contribution < -0.4 is 0 Å². The molecule has 0 unspecified atom stereocenters. The van der Waals surface area contributed by atoms with Crippen molar-refractivity contribution >= 4 is 5.91 Å². The Labute approximate surface area is 163 Å². The Morgan fingerprint density at radius 3 is 2.79 bits per heavy atom. The van der Waals surface area contributed by atoms with E-state index in [-0.39, 0.29) is 5.91 Å². The van der Waals surface area contributed by atoms with Crippen LogP contribution >= 0.6 is 0 Å². The van der Waals surface area contributed by atoms with Gasteiger partial charge in [-0.25, -0.2) is 4.98 Å². The summed E-state index contributed by atoms with van der Waals surface area (Å²) in [6.45, 7) is 2.85. The Balaban J connectivity index is 1.43. The quantitative estimate of drug-likeness (QED) is 0.657. The van der Waals surface area contributed by atoms with Crippen LogP contribution in [0, 0.1) is 0 Å². The van der Waals surface area contributed by atoms with Crippen molar-refractivity contribution in [3.63, 3.8) is 0 Å². The predicted octanol–water partition coefficient (Wildman–Crippen LogP) is 3.20. The number of imidazole rings is 1. The first-order valence-corrected chi connectivity index (χ1v) is 9.57. The summed E-state index contributed by atoms with van der Waals surface area (Å²) in [5, 5.41) is 4.05. The second-order valence-electron chi connectivity index (χ2n) is 6.98. The van der Waals surface area contributed by atoms with Crippen molar-refractivity contribution in [3.05, 3.63) is 60.4 Å². The number of methoxy groups -OCH3 is 1. The number of hydrogen-bond donors (Lipinski definition) is 0. The molecule has 1 aromatic carbocycles. The van der Waals surface area contributed by atoms with Crippen molar-refractivity contribution < 1.29 is 14.1 Å². The Morgan fingerprint density at radius 2 is 2.04 bits per heavy atom. The SMILES string of the molecule is COCCn1ccnc1C1CCN(C(=O)c2conc2-c2ccccc2)CC1. The highest BCUT2D eigenvalue weighted by molar-refractivity contribution is 5.99. The smallest absolute Gasteiger partial charge is 0.259 e. The number of aromatic nitrogens is 3. The number of carbonyl (C=O) groups is 1. The van der Waals surface area contributed by atoms with Crippen LogP contribution in [0.2, 0.25) is 0 Å². The van der Waals surface area contributed by atoms with E-state index < -0.39 is 0 Å². The van der Waals surface area contributed by atoms with Crippen LogP contribution in [0.4, 0.5) is 0 Å². The summed E-state index contributed by atoms with van der Waals surface area (Å²) in [5.74, 6) is 1.41. The Bertz CT molecular complexity index is 911. The molecule has 0 aliphatic carbocycles. The van der Waals surface area contributed by atoms with Crippen LogP contribution in [-0.2, 0) is 11.3 Å². The lowest BCUT2D eigenvalue weighted by Crippen LogP contribution is -2.38. The first-order chi connectivity index (χ1) is 13.8. The molecule has 3 heterocycles. The summed E-state index contributed by atoms with van der Waals surface area (Å²) in [6.07, 6.45) is 7.07. The second-order valence-corrected chi connectivity index (χ2v) is 6.98. The van der Waals surface area contributed by atoms with E-state index in [0.29, 0.717) is 36.9 Å². The van der Waals surface area contributed by atoms with E-state index in [0.717, 1.165) is 30.8 Å². The molecule has 28 heavy (non-hydrogen) atoms. The van der Waals surface area contributed by atoms with Gasteiger partial charge in [0.1, 0.15) is 23.3 Å². The third-order valence-corrected chi connectivity index (χ3v) is 5.28. The van der Waals surface area contributed by atoms with Crippen LogP contribution in [0.1, 0.15) is 34.9 Å². The molecule has 7 heteroatoms. The second kappa shape index (κ2) is 8.39.